The van der Waals surface area contributed by atoms with Gasteiger partial charge in [-0.2, -0.15) is 5.10 Å². The highest BCUT2D eigenvalue weighted by atomic mass is 79.9. The third-order valence-corrected chi connectivity index (χ3v) is 5.27. The predicted octanol–water partition coefficient (Wildman–Crippen LogP) is 3.59. The van der Waals surface area contributed by atoms with Crippen molar-refractivity contribution in [3.63, 3.8) is 0 Å². The van der Waals surface area contributed by atoms with Crippen molar-refractivity contribution in [2.24, 2.45) is 7.05 Å². The molecule has 1 aliphatic rings. The summed E-state index contributed by atoms with van der Waals surface area (Å²) in [4.78, 5) is 35.9. The summed E-state index contributed by atoms with van der Waals surface area (Å²) in [5, 5.41) is 5.12. The van der Waals surface area contributed by atoms with Gasteiger partial charge in [0.15, 0.2) is 5.65 Å². The lowest BCUT2D eigenvalue weighted by Gasteiger charge is -2.13. The van der Waals surface area contributed by atoms with Crippen LogP contribution >= 0.6 is 15.9 Å². The van der Waals surface area contributed by atoms with Crippen LogP contribution in [0.1, 0.15) is 20.7 Å². The highest BCUT2D eigenvalue weighted by molar-refractivity contribution is 9.10. The van der Waals surface area contributed by atoms with Crippen LogP contribution in [0, 0.1) is 0 Å². The quantitative estimate of drug-likeness (QED) is 0.451. The van der Waals surface area contributed by atoms with Gasteiger partial charge in [0.2, 0.25) is 0 Å². The summed E-state index contributed by atoms with van der Waals surface area (Å²) in [6.07, 6.45) is 4.77. The number of pyridine rings is 2. The van der Waals surface area contributed by atoms with Gasteiger partial charge in [0.25, 0.3) is 11.8 Å². The molecule has 0 saturated carbocycles. The fraction of sp³-hybridized carbons (Fsp3) is 0.0500. The van der Waals surface area contributed by atoms with Gasteiger partial charge in [-0.15, -0.1) is 0 Å². The van der Waals surface area contributed by atoms with Crippen LogP contribution < -0.4 is 4.90 Å². The van der Waals surface area contributed by atoms with E-state index in [2.05, 4.69) is 31.0 Å². The monoisotopic (exact) mass is 433 g/mol. The largest absolute Gasteiger partial charge is 0.268 e. The second-order valence-corrected chi connectivity index (χ2v) is 7.29. The van der Waals surface area contributed by atoms with E-state index in [4.69, 9.17) is 0 Å². The molecule has 1 aliphatic heterocycles. The molecule has 0 saturated heterocycles. The fourth-order valence-electron chi connectivity index (χ4n) is 3.46. The number of imide groups is 1. The van der Waals surface area contributed by atoms with Crippen LogP contribution in [0.3, 0.4) is 0 Å². The molecule has 7 nitrogen and oxygen atoms in total. The molecule has 0 unspecified atom stereocenters. The zero-order chi connectivity index (χ0) is 19.4. The minimum Gasteiger partial charge on any atom is -0.268 e. The molecular formula is C20H12BrN5O2. The molecule has 28 heavy (non-hydrogen) atoms. The molecule has 8 heteroatoms. The lowest BCUT2D eigenvalue weighted by atomic mass is 10.0. The van der Waals surface area contributed by atoms with E-state index >= 15 is 0 Å². The van der Waals surface area contributed by atoms with Gasteiger partial charge >= 0.3 is 0 Å². The molecule has 0 fully saturated rings. The normalized spacial score (nSPS) is 13.4. The molecule has 0 radical (unpaired) electrons. The van der Waals surface area contributed by atoms with Crippen molar-refractivity contribution in [3.8, 4) is 11.3 Å². The van der Waals surface area contributed by atoms with E-state index in [1.165, 1.54) is 11.1 Å². The van der Waals surface area contributed by atoms with Crippen molar-refractivity contribution in [1.29, 1.82) is 0 Å². The zero-order valence-corrected chi connectivity index (χ0v) is 16.2. The van der Waals surface area contributed by atoms with Gasteiger partial charge in [-0.3, -0.25) is 14.6 Å². The maximum atomic E-state index is 13.3. The highest BCUT2D eigenvalue weighted by Crippen LogP contribution is 2.37. The molecular weight excluding hydrogens is 422 g/mol. The Morgan fingerprint density at radius 3 is 2.39 bits per heavy atom. The average molecular weight is 434 g/mol. The smallest absolute Gasteiger partial charge is 0.267 e. The summed E-state index contributed by atoms with van der Waals surface area (Å²) in [7, 11) is 1.76. The minimum atomic E-state index is -0.388. The van der Waals surface area contributed by atoms with Crippen molar-refractivity contribution in [2.45, 2.75) is 0 Å². The Morgan fingerprint density at radius 1 is 0.964 bits per heavy atom. The van der Waals surface area contributed by atoms with Gasteiger partial charge in [0, 0.05) is 35.7 Å². The van der Waals surface area contributed by atoms with Crippen LogP contribution in [0.4, 0.5) is 5.69 Å². The van der Waals surface area contributed by atoms with Crippen LogP contribution in [0.15, 0.2) is 59.5 Å². The van der Waals surface area contributed by atoms with E-state index in [9.17, 15) is 9.59 Å². The third kappa shape index (κ3) is 2.31. The Labute approximate surface area is 167 Å². The molecule has 136 valence electrons. The van der Waals surface area contributed by atoms with Crippen LogP contribution in [-0.2, 0) is 7.05 Å². The number of anilines is 1. The topological polar surface area (TPSA) is 81.0 Å². The maximum absolute atomic E-state index is 13.3. The highest BCUT2D eigenvalue weighted by Gasteiger charge is 2.40. The number of rotatable bonds is 2. The van der Waals surface area contributed by atoms with E-state index in [1.54, 1.807) is 48.4 Å². The number of amides is 2. The third-order valence-electron chi connectivity index (χ3n) is 4.74. The number of aromatic nitrogens is 4. The molecule has 2 amide bonds. The zero-order valence-electron chi connectivity index (χ0n) is 14.6. The maximum Gasteiger partial charge on any atom is 0.267 e. The van der Waals surface area contributed by atoms with Crippen LogP contribution in [0.2, 0.25) is 0 Å². The van der Waals surface area contributed by atoms with E-state index in [1.807, 2.05) is 12.1 Å². The molecule has 0 bridgehead atoms. The van der Waals surface area contributed by atoms with Gasteiger partial charge in [-0.05, 0) is 36.4 Å². The lowest BCUT2D eigenvalue weighted by Crippen LogP contribution is -2.29. The van der Waals surface area contributed by atoms with Crippen molar-refractivity contribution >= 4 is 44.5 Å². The van der Waals surface area contributed by atoms with Gasteiger partial charge in [-0.1, -0.05) is 15.9 Å². The molecule has 0 N–H and O–H groups in total. The van der Waals surface area contributed by atoms with E-state index < -0.39 is 0 Å². The fourth-order valence-corrected chi connectivity index (χ4v) is 3.73. The first-order valence-electron chi connectivity index (χ1n) is 8.46. The Bertz CT molecular complexity index is 1270. The molecule has 0 aliphatic carbocycles. The van der Waals surface area contributed by atoms with Gasteiger partial charge in [-0.25, -0.2) is 14.6 Å². The van der Waals surface area contributed by atoms with Crippen LogP contribution in [-0.4, -0.2) is 31.6 Å². The van der Waals surface area contributed by atoms with Crippen molar-refractivity contribution in [1.82, 2.24) is 19.7 Å². The molecule has 4 aromatic rings. The molecule has 5 rings (SSSR count). The van der Waals surface area contributed by atoms with E-state index in [0.29, 0.717) is 28.0 Å². The number of fused-ring (bicyclic) bond motifs is 3. The minimum absolute atomic E-state index is 0.281. The molecule has 1 aromatic carbocycles. The number of nitrogens with zero attached hydrogens (tertiary/aromatic N) is 5. The average Bonchev–Trinajstić information content (AvgIpc) is 3.18. The Morgan fingerprint density at radius 2 is 1.68 bits per heavy atom. The van der Waals surface area contributed by atoms with Gasteiger partial charge in [0.1, 0.15) is 5.69 Å². The number of halogens is 1. The summed E-state index contributed by atoms with van der Waals surface area (Å²) < 4.78 is 2.48. The van der Waals surface area contributed by atoms with Crippen molar-refractivity contribution < 1.29 is 9.59 Å². The first-order valence-corrected chi connectivity index (χ1v) is 9.26. The van der Waals surface area contributed by atoms with Gasteiger partial charge in [0.05, 0.1) is 22.2 Å². The number of hydrogen-bond donors (Lipinski definition) is 0. The Balaban J connectivity index is 1.77. The van der Waals surface area contributed by atoms with E-state index in [0.717, 1.165) is 10.0 Å². The molecule has 3 aromatic heterocycles. The Kier molecular flexibility index (Phi) is 3.63. The second-order valence-electron chi connectivity index (χ2n) is 6.38. The number of carbonyl (C=O) groups excluding carboxylic acids is 2. The first-order chi connectivity index (χ1) is 13.6. The lowest BCUT2D eigenvalue weighted by molar-refractivity contribution is 0.0926. The first kappa shape index (κ1) is 16.8. The summed E-state index contributed by atoms with van der Waals surface area (Å²) in [5.41, 5.74) is 3.07. The standard InChI is InChI=1S/C20H12BrN5O2/c1-25-18-16(17(24-25)11-6-8-22-9-7-11)15-14(10-23-18)19(27)26(20(15)28)13-4-2-12(21)3-5-13/h2-10H,1H3. The molecule has 0 spiro atoms. The molecule has 4 heterocycles. The summed E-state index contributed by atoms with van der Waals surface area (Å²) in [6, 6.07) is 10.7. The molecule has 0 atom stereocenters. The number of aryl methyl sites for hydroxylation is 1. The second kappa shape index (κ2) is 6.07. The van der Waals surface area contributed by atoms with Gasteiger partial charge < -0.3 is 0 Å². The SMILES string of the molecule is Cn1nc(-c2ccncc2)c2c3c(cnc21)C(=O)N(c1ccc(Br)cc1)C3=O. The number of carbonyl (C=O) groups is 2. The van der Waals surface area contributed by atoms with Crippen molar-refractivity contribution in [2.75, 3.05) is 4.90 Å². The summed E-state index contributed by atoms with van der Waals surface area (Å²) in [6.45, 7) is 0. The number of benzene rings is 1. The van der Waals surface area contributed by atoms with Crippen LogP contribution in [0.5, 0.6) is 0 Å². The Hall–Kier alpha value is -3.39. The summed E-state index contributed by atoms with van der Waals surface area (Å²) >= 11 is 3.37. The number of hydrogen-bond acceptors (Lipinski definition) is 5. The predicted molar refractivity (Wildman–Crippen MR) is 107 cm³/mol. The van der Waals surface area contributed by atoms with Crippen molar-refractivity contribution in [3.05, 3.63) is 70.6 Å². The summed E-state index contributed by atoms with van der Waals surface area (Å²) in [5.74, 6) is -0.765. The van der Waals surface area contributed by atoms with Crippen LogP contribution in [0.25, 0.3) is 22.3 Å². The van der Waals surface area contributed by atoms with E-state index in [-0.39, 0.29) is 17.4 Å².